The fraction of sp³-hybridized carbons (Fsp3) is 0.500. The molecule has 17 heavy (non-hydrogen) atoms. The van der Waals surface area contributed by atoms with Crippen molar-refractivity contribution < 1.29 is 14.1 Å². The third-order valence-electron chi connectivity index (χ3n) is 2.57. The second kappa shape index (κ2) is 6.61. The van der Waals surface area contributed by atoms with Crippen molar-refractivity contribution in [2.24, 2.45) is 0 Å². The molecule has 0 saturated heterocycles. The maximum atomic E-state index is 11.1. The minimum Gasteiger partial charge on any atom is -0.504 e. The first-order chi connectivity index (χ1) is 8.04. The Labute approximate surface area is 104 Å². The van der Waals surface area contributed by atoms with Crippen molar-refractivity contribution in [1.82, 2.24) is 5.32 Å². The van der Waals surface area contributed by atoms with Crippen molar-refractivity contribution in [2.75, 3.05) is 19.9 Å². The lowest BCUT2D eigenvalue weighted by atomic mass is 10.2. The Hall–Kier alpha value is -1.07. The Kier molecular flexibility index (Phi) is 5.44. The lowest BCUT2D eigenvalue weighted by Crippen LogP contribution is -2.27. The summed E-state index contributed by atoms with van der Waals surface area (Å²) in [6, 6.07) is 5.28. The first-order valence-corrected chi connectivity index (χ1v) is 7.05. The second-order valence-electron chi connectivity index (χ2n) is 3.95. The van der Waals surface area contributed by atoms with E-state index in [9.17, 15) is 9.32 Å². The van der Waals surface area contributed by atoms with E-state index >= 15 is 0 Å². The molecule has 0 heterocycles. The lowest BCUT2D eigenvalue weighted by molar-refractivity contribution is 0.373. The van der Waals surface area contributed by atoms with Crippen LogP contribution >= 0.6 is 0 Å². The molecule has 1 aromatic rings. The summed E-state index contributed by atoms with van der Waals surface area (Å²) in [6.07, 6.45) is 1.70. The van der Waals surface area contributed by atoms with E-state index in [1.807, 2.05) is 13.0 Å². The standard InChI is InChI=1S/C12H19NO3S/c1-9(17(3)15)7-13-8-10-4-5-12(16-2)11(14)6-10/h4-6,9,13-14H,7-8H2,1-3H3. The first-order valence-electron chi connectivity index (χ1n) is 5.43. The van der Waals surface area contributed by atoms with Gasteiger partial charge in [-0.25, -0.2) is 0 Å². The Morgan fingerprint density at radius 3 is 2.76 bits per heavy atom. The van der Waals surface area contributed by atoms with Crippen LogP contribution in [0.1, 0.15) is 12.5 Å². The van der Waals surface area contributed by atoms with Gasteiger partial charge in [0.2, 0.25) is 0 Å². The fourth-order valence-corrected chi connectivity index (χ4v) is 1.74. The molecule has 0 radical (unpaired) electrons. The van der Waals surface area contributed by atoms with Crippen LogP contribution in [0.15, 0.2) is 18.2 Å². The van der Waals surface area contributed by atoms with Crippen molar-refractivity contribution in [3.63, 3.8) is 0 Å². The van der Waals surface area contributed by atoms with E-state index in [-0.39, 0.29) is 11.0 Å². The molecular formula is C12H19NO3S. The lowest BCUT2D eigenvalue weighted by Gasteiger charge is -2.10. The zero-order chi connectivity index (χ0) is 12.8. The molecule has 0 amide bonds. The van der Waals surface area contributed by atoms with Gasteiger partial charge in [-0.05, 0) is 24.6 Å². The molecule has 0 aliphatic rings. The van der Waals surface area contributed by atoms with Gasteiger partial charge in [0.1, 0.15) is 0 Å². The van der Waals surface area contributed by atoms with Gasteiger partial charge in [0, 0.05) is 35.4 Å². The highest BCUT2D eigenvalue weighted by Crippen LogP contribution is 2.25. The predicted molar refractivity (Wildman–Crippen MR) is 69.9 cm³/mol. The molecule has 0 saturated carbocycles. The number of hydrogen-bond donors (Lipinski definition) is 2. The highest BCUT2D eigenvalue weighted by Gasteiger charge is 2.06. The maximum absolute atomic E-state index is 11.1. The van der Waals surface area contributed by atoms with Crippen molar-refractivity contribution in [1.29, 1.82) is 0 Å². The van der Waals surface area contributed by atoms with E-state index in [4.69, 9.17) is 4.74 Å². The third kappa shape index (κ3) is 4.36. The largest absolute Gasteiger partial charge is 0.504 e. The highest BCUT2D eigenvalue weighted by atomic mass is 32.2. The summed E-state index contributed by atoms with van der Waals surface area (Å²) in [7, 11) is 0.709. The van der Waals surface area contributed by atoms with Crippen LogP contribution in [0.4, 0.5) is 0 Å². The van der Waals surface area contributed by atoms with Crippen LogP contribution in [0, 0.1) is 0 Å². The first kappa shape index (κ1) is 14.0. The van der Waals surface area contributed by atoms with Gasteiger partial charge >= 0.3 is 0 Å². The molecule has 1 aromatic carbocycles. The van der Waals surface area contributed by atoms with Crippen LogP contribution < -0.4 is 10.1 Å². The Bertz CT molecular complexity index is 395. The number of hydrogen-bond acceptors (Lipinski definition) is 4. The van der Waals surface area contributed by atoms with E-state index in [2.05, 4.69) is 5.32 Å². The average molecular weight is 257 g/mol. The number of phenolic OH excluding ortho intramolecular Hbond substituents is 1. The summed E-state index contributed by atoms with van der Waals surface area (Å²) in [5.74, 6) is 0.607. The Balaban J connectivity index is 2.47. The van der Waals surface area contributed by atoms with Crippen molar-refractivity contribution >= 4 is 10.8 Å². The monoisotopic (exact) mass is 257 g/mol. The summed E-state index contributed by atoms with van der Waals surface area (Å²) >= 11 is 0. The van der Waals surface area contributed by atoms with Gasteiger partial charge in [0.25, 0.3) is 0 Å². The van der Waals surface area contributed by atoms with E-state index in [0.717, 1.165) is 5.56 Å². The van der Waals surface area contributed by atoms with Gasteiger partial charge in [-0.3, -0.25) is 4.21 Å². The van der Waals surface area contributed by atoms with Gasteiger partial charge in [0.15, 0.2) is 11.5 Å². The summed E-state index contributed by atoms with van der Waals surface area (Å²) < 4.78 is 16.1. The number of benzene rings is 1. The smallest absolute Gasteiger partial charge is 0.160 e. The molecule has 2 atom stereocenters. The predicted octanol–water partition coefficient (Wildman–Crippen LogP) is 1.26. The summed E-state index contributed by atoms with van der Waals surface area (Å²) in [5.41, 5.74) is 0.970. The van der Waals surface area contributed by atoms with Crippen LogP contribution in [0.3, 0.4) is 0 Å². The van der Waals surface area contributed by atoms with Crippen LogP contribution in [-0.2, 0) is 17.3 Å². The Morgan fingerprint density at radius 1 is 1.53 bits per heavy atom. The van der Waals surface area contributed by atoms with Crippen molar-refractivity contribution in [3.8, 4) is 11.5 Å². The molecule has 2 N–H and O–H groups in total. The topological polar surface area (TPSA) is 58.6 Å². The number of rotatable bonds is 6. The summed E-state index contributed by atoms with van der Waals surface area (Å²) in [6.45, 7) is 3.27. The van der Waals surface area contributed by atoms with Crippen LogP contribution in [-0.4, -0.2) is 34.5 Å². The molecule has 1 rings (SSSR count). The zero-order valence-electron chi connectivity index (χ0n) is 10.4. The number of phenols is 1. The SMILES string of the molecule is COc1ccc(CNCC(C)S(C)=O)cc1O. The van der Waals surface area contributed by atoms with Gasteiger partial charge in [0.05, 0.1) is 7.11 Å². The number of ether oxygens (including phenoxy) is 1. The zero-order valence-corrected chi connectivity index (χ0v) is 11.2. The fourth-order valence-electron chi connectivity index (χ4n) is 1.38. The molecular weight excluding hydrogens is 238 g/mol. The second-order valence-corrected chi connectivity index (χ2v) is 5.75. The minimum absolute atomic E-state index is 0.127. The highest BCUT2D eigenvalue weighted by molar-refractivity contribution is 7.84. The molecule has 0 aliphatic carbocycles. The van der Waals surface area contributed by atoms with Gasteiger partial charge in [-0.1, -0.05) is 6.07 Å². The van der Waals surface area contributed by atoms with E-state index in [1.165, 1.54) is 7.11 Å². The van der Waals surface area contributed by atoms with Crippen LogP contribution in [0.2, 0.25) is 0 Å². The molecule has 0 spiro atoms. The number of aromatic hydroxyl groups is 1. The molecule has 0 aliphatic heterocycles. The molecule has 0 aromatic heterocycles. The van der Waals surface area contributed by atoms with E-state index < -0.39 is 10.8 Å². The summed E-state index contributed by atoms with van der Waals surface area (Å²) in [5, 5.41) is 12.9. The maximum Gasteiger partial charge on any atom is 0.160 e. The van der Waals surface area contributed by atoms with Gasteiger partial charge in [-0.15, -0.1) is 0 Å². The van der Waals surface area contributed by atoms with Crippen LogP contribution in [0.25, 0.3) is 0 Å². The van der Waals surface area contributed by atoms with Gasteiger partial charge < -0.3 is 15.2 Å². The van der Waals surface area contributed by atoms with E-state index in [0.29, 0.717) is 18.8 Å². The molecule has 0 fully saturated rings. The number of nitrogens with one attached hydrogen (secondary N) is 1. The van der Waals surface area contributed by atoms with Crippen LogP contribution in [0.5, 0.6) is 11.5 Å². The third-order valence-corrected chi connectivity index (χ3v) is 3.87. The molecule has 0 bridgehead atoms. The normalized spacial score (nSPS) is 14.3. The quantitative estimate of drug-likeness (QED) is 0.805. The molecule has 96 valence electrons. The molecule has 4 nitrogen and oxygen atoms in total. The van der Waals surface area contributed by atoms with Crippen molar-refractivity contribution in [3.05, 3.63) is 23.8 Å². The molecule has 2 unspecified atom stereocenters. The molecule has 5 heteroatoms. The summed E-state index contributed by atoms with van der Waals surface area (Å²) in [4.78, 5) is 0. The number of methoxy groups -OCH3 is 1. The minimum atomic E-state index is -0.810. The van der Waals surface area contributed by atoms with Gasteiger partial charge in [-0.2, -0.15) is 0 Å². The average Bonchev–Trinajstić information content (AvgIpc) is 2.29. The van der Waals surface area contributed by atoms with Crippen molar-refractivity contribution in [2.45, 2.75) is 18.7 Å². The Morgan fingerprint density at radius 2 is 2.24 bits per heavy atom. The van der Waals surface area contributed by atoms with E-state index in [1.54, 1.807) is 18.4 Å².